The van der Waals surface area contributed by atoms with Gasteiger partial charge in [-0.2, -0.15) is 0 Å². The number of hydrogen-bond acceptors (Lipinski definition) is 4. The maximum atomic E-state index is 12.1. The van der Waals surface area contributed by atoms with Gasteiger partial charge in [0.05, 0.1) is 5.92 Å². The lowest BCUT2D eigenvalue weighted by Crippen LogP contribution is -2.50. The van der Waals surface area contributed by atoms with E-state index in [-0.39, 0.29) is 17.5 Å². The summed E-state index contributed by atoms with van der Waals surface area (Å²) in [6, 6.07) is 0.513. The van der Waals surface area contributed by atoms with Gasteiger partial charge < -0.3 is 10.1 Å². The molecular formula is C14H26N2O2. The second kappa shape index (κ2) is 5.57. The number of carbonyl (C=O) groups excluding carboxylic acids is 1. The van der Waals surface area contributed by atoms with E-state index < -0.39 is 0 Å². The van der Waals surface area contributed by atoms with Crippen LogP contribution in [-0.2, 0) is 9.53 Å². The zero-order valence-electron chi connectivity index (χ0n) is 11.9. The van der Waals surface area contributed by atoms with Gasteiger partial charge in [0, 0.05) is 19.1 Å². The zero-order chi connectivity index (χ0) is 13.2. The number of rotatable bonds is 2. The van der Waals surface area contributed by atoms with Crippen LogP contribution in [0.2, 0.25) is 0 Å². The third-order valence-corrected chi connectivity index (χ3v) is 3.72. The summed E-state index contributed by atoms with van der Waals surface area (Å²) < 4.78 is 5.49. The van der Waals surface area contributed by atoms with Gasteiger partial charge in [-0.1, -0.05) is 0 Å². The summed E-state index contributed by atoms with van der Waals surface area (Å²) in [4.78, 5) is 14.6. The van der Waals surface area contributed by atoms with Gasteiger partial charge in [0.15, 0.2) is 0 Å². The lowest BCUT2D eigenvalue weighted by atomic mass is 9.94. The summed E-state index contributed by atoms with van der Waals surface area (Å²) in [5, 5.41) is 3.39. The molecule has 2 unspecified atom stereocenters. The lowest BCUT2D eigenvalue weighted by molar-refractivity contribution is -0.161. The molecule has 0 aromatic heterocycles. The van der Waals surface area contributed by atoms with Crippen molar-refractivity contribution in [3.63, 3.8) is 0 Å². The number of nitrogens with zero attached hydrogens (tertiary/aromatic N) is 1. The molecule has 2 aliphatic rings. The highest BCUT2D eigenvalue weighted by molar-refractivity contribution is 5.73. The third kappa shape index (κ3) is 3.69. The Hall–Kier alpha value is -0.610. The van der Waals surface area contributed by atoms with Crippen molar-refractivity contribution < 1.29 is 9.53 Å². The molecule has 18 heavy (non-hydrogen) atoms. The van der Waals surface area contributed by atoms with Gasteiger partial charge in [-0.3, -0.25) is 9.69 Å². The number of esters is 1. The summed E-state index contributed by atoms with van der Waals surface area (Å²) >= 11 is 0. The van der Waals surface area contributed by atoms with E-state index in [0.717, 1.165) is 19.5 Å². The van der Waals surface area contributed by atoms with Crippen LogP contribution >= 0.6 is 0 Å². The first-order valence-electron chi connectivity index (χ1n) is 7.13. The van der Waals surface area contributed by atoms with Gasteiger partial charge in [-0.25, -0.2) is 0 Å². The quantitative estimate of drug-likeness (QED) is 0.756. The van der Waals surface area contributed by atoms with Crippen LogP contribution in [0, 0.1) is 5.92 Å². The number of ether oxygens (including phenoxy) is 1. The van der Waals surface area contributed by atoms with Crippen LogP contribution in [0.15, 0.2) is 0 Å². The first-order chi connectivity index (χ1) is 8.46. The van der Waals surface area contributed by atoms with Gasteiger partial charge >= 0.3 is 5.97 Å². The highest BCUT2D eigenvalue weighted by atomic mass is 16.6. The SMILES string of the molecule is CC(C)(C)OC(=O)C1CNCC(N2CCCC2)C1. The molecule has 0 bridgehead atoms. The Bertz CT molecular complexity index is 293. The maximum absolute atomic E-state index is 12.1. The van der Waals surface area contributed by atoms with Gasteiger partial charge in [0.25, 0.3) is 0 Å². The molecular weight excluding hydrogens is 228 g/mol. The average Bonchev–Trinajstić information content (AvgIpc) is 2.80. The molecule has 4 heteroatoms. The second-order valence-corrected chi connectivity index (χ2v) is 6.52. The molecule has 2 aliphatic heterocycles. The van der Waals surface area contributed by atoms with E-state index in [1.807, 2.05) is 20.8 Å². The molecule has 0 radical (unpaired) electrons. The molecule has 0 aromatic carbocycles. The van der Waals surface area contributed by atoms with Crippen molar-refractivity contribution >= 4 is 5.97 Å². The topological polar surface area (TPSA) is 41.6 Å². The first-order valence-corrected chi connectivity index (χ1v) is 7.13. The van der Waals surface area contributed by atoms with E-state index in [0.29, 0.717) is 6.04 Å². The van der Waals surface area contributed by atoms with Crippen LogP contribution < -0.4 is 5.32 Å². The number of nitrogens with one attached hydrogen (secondary N) is 1. The van der Waals surface area contributed by atoms with Crippen LogP contribution in [0.1, 0.15) is 40.0 Å². The molecule has 2 rings (SSSR count). The van der Waals surface area contributed by atoms with Crippen molar-refractivity contribution in [2.45, 2.75) is 51.7 Å². The predicted octanol–water partition coefficient (Wildman–Crippen LogP) is 1.40. The molecule has 1 N–H and O–H groups in total. The van der Waals surface area contributed by atoms with Crippen molar-refractivity contribution in [3.05, 3.63) is 0 Å². The number of carbonyl (C=O) groups is 1. The van der Waals surface area contributed by atoms with Gasteiger partial charge in [0.1, 0.15) is 5.60 Å². The Labute approximate surface area is 110 Å². The van der Waals surface area contributed by atoms with E-state index in [4.69, 9.17) is 4.74 Å². The van der Waals surface area contributed by atoms with Crippen molar-refractivity contribution in [3.8, 4) is 0 Å². The molecule has 2 heterocycles. The molecule has 0 aliphatic carbocycles. The van der Waals surface area contributed by atoms with Crippen molar-refractivity contribution in [2.24, 2.45) is 5.92 Å². The molecule has 0 amide bonds. The highest BCUT2D eigenvalue weighted by Gasteiger charge is 2.33. The fourth-order valence-electron chi connectivity index (χ4n) is 2.87. The Balaban J connectivity index is 1.87. The van der Waals surface area contributed by atoms with Crippen LogP contribution in [0.25, 0.3) is 0 Å². The minimum atomic E-state index is -0.377. The molecule has 2 fully saturated rings. The lowest BCUT2D eigenvalue weighted by Gasteiger charge is -2.35. The Kier molecular flexibility index (Phi) is 4.28. The predicted molar refractivity (Wildman–Crippen MR) is 71.4 cm³/mol. The van der Waals surface area contributed by atoms with Crippen LogP contribution in [-0.4, -0.2) is 48.7 Å². The van der Waals surface area contributed by atoms with Crippen molar-refractivity contribution in [1.29, 1.82) is 0 Å². The minimum absolute atomic E-state index is 0.0172. The third-order valence-electron chi connectivity index (χ3n) is 3.72. The number of likely N-dealkylation sites (tertiary alicyclic amines) is 1. The zero-order valence-corrected chi connectivity index (χ0v) is 11.9. The van der Waals surface area contributed by atoms with Crippen LogP contribution in [0.5, 0.6) is 0 Å². The fraction of sp³-hybridized carbons (Fsp3) is 0.929. The standard InChI is InChI=1S/C14H26N2O2/c1-14(2,3)18-13(17)11-8-12(10-15-9-11)16-6-4-5-7-16/h11-12,15H,4-10H2,1-3H3. The Morgan fingerprint density at radius 1 is 1.22 bits per heavy atom. The summed E-state index contributed by atoms with van der Waals surface area (Å²) in [5.41, 5.74) is -0.377. The number of hydrogen-bond donors (Lipinski definition) is 1. The second-order valence-electron chi connectivity index (χ2n) is 6.52. The normalized spacial score (nSPS) is 30.4. The molecule has 2 saturated heterocycles. The van der Waals surface area contributed by atoms with E-state index in [1.165, 1.54) is 25.9 Å². The molecule has 0 spiro atoms. The molecule has 104 valence electrons. The summed E-state index contributed by atoms with van der Waals surface area (Å²) in [5.74, 6) is -0.0255. The van der Waals surface area contributed by atoms with Crippen molar-refractivity contribution in [2.75, 3.05) is 26.2 Å². The van der Waals surface area contributed by atoms with Gasteiger partial charge in [0.2, 0.25) is 0 Å². The average molecular weight is 254 g/mol. The minimum Gasteiger partial charge on any atom is -0.460 e. The smallest absolute Gasteiger partial charge is 0.310 e. The number of piperidine rings is 1. The highest BCUT2D eigenvalue weighted by Crippen LogP contribution is 2.22. The van der Waals surface area contributed by atoms with E-state index in [1.54, 1.807) is 0 Å². The Morgan fingerprint density at radius 3 is 2.50 bits per heavy atom. The van der Waals surface area contributed by atoms with E-state index in [2.05, 4.69) is 10.2 Å². The molecule has 2 atom stereocenters. The molecule has 0 saturated carbocycles. The summed E-state index contributed by atoms with van der Waals surface area (Å²) in [6.45, 7) is 9.94. The van der Waals surface area contributed by atoms with E-state index >= 15 is 0 Å². The van der Waals surface area contributed by atoms with Crippen LogP contribution in [0.3, 0.4) is 0 Å². The van der Waals surface area contributed by atoms with Crippen LogP contribution in [0.4, 0.5) is 0 Å². The summed E-state index contributed by atoms with van der Waals surface area (Å²) in [6.07, 6.45) is 3.54. The molecule has 0 aromatic rings. The largest absolute Gasteiger partial charge is 0.460 e. The molecule has 4 nitrogen and oxygen atoms in total. The monoisotopic (exact) mass is 254 g/mol. The van der Waals surface area contributed by atoms with Gasteiger partial charge in [-0.15, -0.1) is 0 Å². The Morgan fingerprint density at radius 2 is 1.89 bits per heavy atom. The van der Waals surface area contributed by atoms with E-state index in [9.17, 15) is 4.79 Å². The summed E-state index contributed by atoms with van der Waals surface area (Å²) in [7, 11) is 0. The van der Waals surface area contributed by atoms with Gasteiger partial charge in [-0.05, 0) is 53.1 Å². The first kappa shape index (κ1) is 13.8. The maximum Gasteiger partial charge on any atom is 0.310 e. The van der Waals surface area contributed by atoms with Crippen molar-refractivity contribution in [1.82, 2.24) is 10.2 Å². The fourth-order valence-corrected chi connectivity index (χ4v) is 2.87.